The number of hydrogen-bond acceptors (Lipinski definition) is 2. The van der Waals surface area contributed by atoms with Gasteiger partial charge in [0.05, 0.1) is 0 Å². The van der Waals surface area contributed by atoms with E-state index in [0.29, 0.717) is 0 Å². The molecule has 19 heavy (non-hydrogen) atoms. The summed E-state index contributed by atoms with van der Waals surface area (Å²) in [6.07, 6.45) is 0. The van der Waals surface area contributed by atoms with E-state index in [4.69, 9.17) is 8.85 Å². The number of hydrogen-bond donors (Lipinski definition) is 0. The van der Waals surface area contributed by atoms with Crippen LogP contribution in [-0.2, 0) is 8.85 Å². The second-order valence-electron chi connectivity index (χ2n) is 4.44. The van der Waals surface area contributed by atoms with Crippen LogP contribution in [-0.4, -0.2) is 22.8 Å². The molecule has 0 saturated carbocycles. The van der Waals surface area contributed by atoms with Gasteiger partial charge in [-0.15, -0.1) is 0 Å². The Hall–Kier alpha value is -1.49. The summed E-state index contributed by atoms with van der Waals surface area (Å²) in [5.74, 6) is -0.223. The first kappa shape index (κ1) is 13.9. The van der Waals surface area contributed by atoms with Crippen LogP contribution in [0.2, 0.25) is 6.55 Å². The molecule has 100 valence electrons. The van der Waals surface area contributed by atoms with Crippen molar-refractivity contribution >= 4 is 13.7 Å². The molecule has 0 aliphatic rings. The third-order valence-electron chi connectivity index (χ3n) is 3.37. The summed E-state index contributed by atoms with van der Waals surface area (Å²) < 4.78 is 23.9. The van der Waals surface area contributed by atoms with Crippen LogP contribution in [0.15, 0.2) is 48.5 Å². The van der Waals surface area contributed by atoms with Gasteiger partial charge in [0.25, 0.3) is 0 Å². The van der Waals surface area contributed by atoms with Crippen LogP contribution in [0.3, 0.4) is 0 Å². The summed E-state index contributed by atoms with van der Waals surface area (Å²) >= 11 is 0. The van der Waals surface area contributed by atoms with Gasteiger partial charge in [-0.2, -0.15) is 0 Å². The molecule has 0 unspecified atom stereocenters. The average Bonchev–Trinajstić information content (AvgIpc) is 2.47. The molecule has 0 atom stereocenters. The molecule has 2 aromatic carbocycles. The van der Waals surface area contributed by atoms with E-state index in [2.05, 4.69) is 0 Å². The highest BCUT2D eigenvalue weighted by molar-refractivity contribution is 6.79. The topological polar surface area (TPSA) is 18.5 Å². The molecule has 0 aliphatic carbocycles. The first-order chi connectivity index (χ1) is 9.09. The number of benzene rings is 2. The Morgan fingerprint density at radius 2 is 1.21 bits per heavy atom. The van der Waals surface area contributed by atoms with E-state index in [1.165, 1.54) is 12.1 Å². The van der Waals surface area contributed by atoms with Gasteiger partial charge in [-0.05, 0) is 35.0 Å². The van der Waals surface area contributed by atoms with Crippen LogP contribution in [0.25, 0.3) is 11.1 Å². The van der Waals surface area contributed by atoms with Gasteiger partial charge in [-0.3, -0.25) is 0 Å². The van der Waals surface area contributed by atoms with E-state index < -0.39 is 8.56 Å². The van der Waals surface area contributed by atoms with Crippen LogP contribution >= 0.6 is 0 Å². The molecule has 0 aromatic heterocycles. The van der Waals surface area contributed by atoms with E-state index in [9.17, 15) is 4.39 Å². The zero-order valence-corrected chi connectivity index (χ0v) is 12.3. The van der Waals surface area contributed by atoms with Crippen LogP contribution in [0.5, 0.6) is 0 Å². The fraction of sp³-hybridized carbons (Fsp3) is 0.200. The van der Waals surface area contributed by atoms with Crippen molar-refractivity contribution in [1.29, 1.82) is 0 Å². The van der Waals surface area contributed by atoms with E-state index in [1.54, 1.807) is 26.4 Å². The lowest BCUT2D eigenvalue weighted by Crippen LogP contribution is -2.49. The van der Waals surface area contributed by atoms with Crippen molar-refractivity contribution in [3.05, 3.63) is 54.3 Å². The summed E-state index contributed by atoms with van der Waals surface area (Å²) in [4.78, 5) is 0. The van der Waals surface area contributed by atoms with Crippen LogP contribution in [0, 0.1) is 5.82 Å². The SMILES string of the molecule is CO[Si](C)(OC)c1ccc(-c2ccc(F)cc2)cc1. The third-order valence-corrected chi connectivity index (χ3v) is 6.31. The zero-order chi connectivity index (χ0) is 13.9. The molecule has 0 bridgehead atoms. The lowest BCUT2D eigenvalue weighted by Gasteiger charge is -2.23. The van der Waals surface area contributed by atoms with Gasteiger partial charge < -0.3 is 8.85 Å². The lowest BCUT2D eigenvalue weighted by molar-refractivity contribution is 0.265. The van der Waals surface area contributed by atoms with Gasteiger partial charge in [-0.1, -0.05) is 36.4 Å². The molecule has 0 N–H and O–H groups in total. The van der Waals surface area contributed by atoms with Crippen molar-refractivity contribution in [2.24, 2.45) is 0 Å². The summed E-state index contributed by atoms with van der Waals surface area (Å²) in [6, 6.07) is 14.5. The number of halogens is 1. The Labute approximate surface area is 114 Å². The Morgan fingerprint density at radius 1 is 0.789 bits per heavy atom. The molecular formula is C15H17FO2Si. The minimum absolute atomic E-state index is 0.223. The summed E-state index contributed by atoms with van der Waals surface area (Å²) in [7, 11) is 1.07. The van der Waals surface area contributed by atoms with Gasteiger partial charge >= 0.3 is 8.56 Å². The van der Waals surface area contributed by atoms with E-state index in [0.717, 1.165) is 16.3 Å². The highest BCUT2D eigenvalue weighted by Gasteiger charge is 2.31. The number of rotatable bonds is 4. The molecule has 0 spiro atoms. The summed E-state index contributed by atoms with van der Waals surface area (Å²) in [6.45, 7) is 2.00. The molecular weight excluding hydrogens is 259 g/mol. The smallest absolute Gasteiger partial charge is 0.368 e. The second-order valence-corrected chi connectivity index (χ2v) is 7.72. The van der Waals surface area contributed by atoms with Gasteiger partial charge in [0.15, 0.2) is 0 Å². The Kier molecular flexibility index (Phi) is 4.14. The van der Waals surface area contributed by atoms with Gasteiger partial charge in [0, 0.05) is 14.2 Å². The Balaban J connectivity index is 2.30. The molecule has 0 radical (unpaired) electrons. The lowest BCUT2D eigenvalue weighted by atomic mass is 10.1. The van der Waals surface area contributed by atoms with Gasteiger partial charge in [-0.25, -0.2) is 4.39 Å². The van der Waals surface area contributed by atoms with Crippen LogP contribution in [0.1, 0.15) is 0 Å². The van der Waals surface area contributed by atoms with Crippen molar-refractivity contribution in [2.45, 2.75) is 6.55 Å². The molecule has 0 saturated heterocycles. The summed E-state index contributed by atoms with van der Waals surface area (Å²) in [5.41, 5.74) is 2.04. The minimum atomic E-state index is -2.27. The maximum Gasteiger partial charge on any atom is 0.368 e. The minimum Gasteiger partial charge on any atom is -0.394 e. The Morgan fingerprint density at radius 3 is 1.63 bits per heavy atom. The van der Waals surface area contributed by atoms with Crippen molar-refractivity contribution in [3.63, 3.8) is 0 Å². The van der Waals surface area contributed by atoms with Crippen LogP contribution < -0.4 is 5.19 Å². The first-order valence-electron chi connectivity index (χ1n) is 6.06. The zero-order valence-electron chi connectivity index (χ0n) is 11.3. The highest BCUT2D eigenvalue weighted by Crippen LogP contribution is 2.19. The predicted octanol–water partition coefficient (Wildman–Crippen LogP) is 3.06. The molecule has 0 aliphatic heterocycles. The van der Waals surface area contributed by atoms with Crippen molar-refractivity contribution in [1.82, 2.24) is 0 Å². The molecule has 2 nitrogen and oxygen atoms in total. The fourth-order valence-electron chi connectivity index (χ4n) is 1.93. The largest absolute Gasteiger partial charge is 0.394 e. The second kappa shape index (κ2) is 5.65. The normalized spacial score (nSPS) is 11.6. The molecule has 0 fully saturated rings. The molecule has 0 heterocycles. The molecule has 0 amide bonds. The van der Waals surface area contributed by atoms with Gasteiger partial charge in [0.2, 0.25) is 0 Å². The van der Waals surface area contributed by atoms with Gasteiger partial charge in [0.1, 0.15) is 5.82 Å². The standard InChI is InChI=1S/C15H17FO2Si/c1-17-19(3,18-2)15-10-6-13(7-11-15)12-4-8-14(16)9-5-12/h4-11H,1-3H3. The quantitative estimate of drug-likeness (QED) is 0.799. The summed E-state index contributed by atoms with van der Waals surface area (Å²) in [5, 5.41) is 1.07. The molecule has 2 aromatic rings. The Bertz CT molecular complexity index is 533. The third kappa shape index (κ3) is 2.92. The van der Waals surface area contributed by atoms with E-state index in [-0.39, 0.29) is 5.82 Å². The van der Waals surface area contributed by atoms with Crippen LogP contribution in [0.4, 0.5) is 4.39 Å². The van der Waals surface area contributed by atoms with Crippen molar-refractivity contribution in [3.8, 4) is 11.1 Å². The maximum atomic E-state index is 12.9. The predicted molar refractivity (Wildman–Crippen MR) is 77.1 cm³/mol. The maximum absolute atomic E-state index is 12.9. The molecule has 4 heteroatoms. The van der Waals surface area contributed by atoms with E-state index in [1.807, 2.05) is 30.8 Å². The fourth-order valence-corrected chi connectivity index (χ4v) is 3.34. The van der Waals surface area contributed by atoms with Crippen molar-refractivity contribution < 1.29 is 13.2 Å². The monoisotopic (exact) mass is 276 g/mol. The average molecular weight is 276 g/mol. The molecule has 2 rings (SSSR count). The van der Waals surface area contributed by atoms with E-state index >= 15 is 0 Å². The first-order valence-corrected chi connectivity index (χ1v) is 8.37. The highest BCUT2D eigenvalue weighted by atomic mass is 28.4. The van der Waals surface area contributed by atoms with Crippen molar-refractivity contribution in [2.75, 3.05) is 14.2 Å².